The summed E-state index contributed by atoms with van der Waals surface area (Å²) in [6.45, 7) is 3.20. The van der Waals surface area contributed by atoms with Crippen LogP contribution in [0.3, 0.4) is 0 Å². The molecule has 7 heteroatoms. The first-order valence-electron chi connectivity index (χ1n) is 8.69. The van der Waals surface area contributed by atoms with Gasteiger partial charge in [0.1, 0.15) is 5.54 Å². The topological polar surface area (TPSA) is 90.5 Å². The monoisotopic (exact) mass is 322 g/mol. The van der Waals surface area contributed by atoms with Crippen molar-refractivity contribution in [2.75, 3.05) is 13.1 Å². The average Bonchev–Trinajstić information content (AvgIpc) is 3.07. The molecule has 0 aromatic carbocycles. The summed E-state index contributed by atoms with van der Waals surface area (Å²) in [5, 5.41) is 9.19. The number of hydrogen-bond acceptors (Lipinski definition) is 4. The Balaban J connectivity index is 1.50. The van der Waals surface area contributed by atoms with E-state index in [4.69, 9.17) is 0 Å². The van der Waals surface area contributed by atoms with Gasteiger partial charge in [0.15, 0.2) is 0 Å². The van der Waals surface area contributed by atoms with Crippen LogP contribution in [0.1, 0.15) is 51.9 Å². The van der Waals surface area contributed by atoms with Gasteiger partial charge in [-0.3, -0.25) is 14.5 Å². The number of carbonyl (C=O) groups excluding carboxylic acids is 3. The second-order valence-electron chi connectivity index (χ2n) is 6.99. The highest BCUT2D eigenvalue weighted by molar-refractivity contribution is 6.07. The Morgan fingerprint density at radius 3 is 2.74 bits per heavy atom. The normalized spacial score (nSPS) is 29.9. The van der Waals surface area contributed by atoms with Gasteiger partial charge in [0.25, 0.3) is 5.91 Å². The van der Waals surface area contributed by atoms with Crippen LogP contribution in [0.2, 0.25) is 0 Å². The minimum absolute atomic E-state index is 0.0986. The maximum Gasteiger partial charge on any atom is 0.325 e. The van der Waals surface area contributed by atoms with E-state index >= 15 is 0 Å². The summed E-state index contributed by atoms with van der Waals surface area (Å²) in [7, 11) is 0. The first-order chi connectivity index (χ1) is 11.0. The van der Waals surface area contributed by atoms with Crippen LogP contribution in [0.5, 0.6) is 0 Å². The van der Waals surface area contributed by atoms with Crippen molar-refractivity contribution in [2.24, 2.45) is 0 Å². The molecule has 2 heterocycles. The third-order valence-corrected chi connectivity index (χ3v) is 5.37. The molecule has 1 aliphatic carbocycles. The summed E-state index contributed by atoms with van der Waals surface area (Å²) in [6, 6.07) is 0.0316. The fourth-order valence-corrected chi connectivity index (χ4v) is 3.93. The van der Waals surface area contributed by atoms with Crippen LogP contribution in [0, 0.1) is 0 Å². The summed E-state index contributed by atoms with van der Waals surface area (Å²) >= 11 is 0. The van der Waals surface area contributed by atoms with Crippen LogP contribution >= 0.6 is 0 Å². The van der Waals surface area contributed by atoms with Gasteiger partial charge in [-0.05, 0) is 39.2 Å². The standard InChI is InChI=1S/C16H26N4O3/c1-11-12(5-4-9-17-11)18-13(21)6-10-20-14(22)16(19-15(20)23)7-2-3-8-16/h11-12,17H,2-10H2,1H3,(H,18,21)(H,19,23). The lowest BCUT2D eigenvalue weighted by Gasteiger charge is -2.30. The molecule has 0 bridgehead atoms. The van der Waals surface area contributed by atoms with Gasteiger partial charge < -0.3 is 16.0 Å². The van der Waals surface area contributed by atoms with E-state index in [1.165, 1.54) is 4.90 Å². The van der Waals surface area contributed by atoms with Crippen molar-refractivity contribution in [1.29, 1.82) is 0 Å². The Hall–Kier alpha value is -1.63. The van der Waals surface area contributed by atoms with Crippen LogP contribution in [-0.2, 0) is 9.59 Å². The molecule has 3 rings (SSSR count). The van der Waals surface area contributed by atoms with Crippen molar-refractivity contribution >= 4 is 17.8 Å². The molecule has 3 fully saturated rings. The zero-order valence-corrected chi connectivity index (χ0v) is 13.7. The molecule has 128 valence electrons. The molecule has 2 unspecified atom stereocenters. The molecule has 2 saturated heterocycles. The van der Waals surface area contributed by atoms with Crippen molar-refractivity contribution in [3.05, 3.63) is 0 Å². The number of imide groups is 1. The number of piperidine rings is 1. The number of nitrogens with one attached hydrogen (secondary N) is 3. The molecule has 0 aromatic rings. The lowest BCUT2D eigenvalue weighted by atomic mass is 9.98. The van der Waals surface area contributed by atoms with Crippen molar-refractivity contribution < 1.29 is 14.4 Å². The van der Waals surface area contributed by atoms with E-state index in [0.717, 1.165) is 32.2 Å². The Labute approximate surface area is 136 Å². The molecule has 0 radical (unpaired) electrons. The van der Waals surface area contributed by atoms with Crippen LogP contribution in [0.4, 0.5) is 4.79 Å². The van der Waals surface area contributed by atoms with E-state index in [2.05, 4.69) is 22.9 Å². The maximum atomic E-state index is 12.5. The van der Waals surface area contributed by atoms with Gasteiger partial charge in [0, 0.05) is 25.0 Å². The SMILES string of the molecule is CC1NCCCC1NC(=O)CCN1C(=O)NC2(CCCC2)C1=O. The Bertz CT molecular complexity index is 502. The summed E-state index contributed by atoms with van der Waals surface area (Å²) in [5.74, 6) is -0.251. The molecule has 0 aromatic heterocycles. The van der Waals surface area contributed by atoms with Crippen molar-refractivity contribution in [1.82, 2.24) is 20.9 Å². The van der Waals surface area contributed by atoms with Gasteiger partial charge in [-0.2, -0.15) is 0 Å². The van der Waals surface area contributed by atoms with E-state index in [9.17, 15) is 14.4 Å². The minimum atomic E-state index is -0.685. The molecule has 2 aliphatic heterocycles. The molecule has 3 N–H and O–H groups in total. The highest BCUT2D eigenvalue weighted by Gasteiger charge is 2.52. The summed E-state index contributed by atoms with van der Waals surface area (Å²) in [6.07, 6.45) is 5.53. The van der Waals surface area contributed by atoms with Gasteiger partial charge in [-0.1, -0.05) is 12.8 Å². The van der Waals surface area contributed by atoms with Crippen molar-refractivity contribution in [3.63, 3.8) is 0 Å². The Morgan fingerprint density at radius 1 is 1.30 bits per heavy atom. The average molecular weight is 322 g/mol. The summed E-state index contributed by atoms with van der Waals surface area (Å²) < 4.78 is 0. The largest absolute Gasteiger partial charge is 0.352 e. The quantitative estimate of drug-likeness (QED) is 0.657. The maximum absolute atomic E-state index is 12.5. The number of hydrogen-bond donors (Lipinski definition) is 3. The van der Waals surface area contributed by atoms with Crippen molar-refractivity contribution in [3.8, 4) is 0 Å². The van der Waals surface area contributed by atoms with E-state index < -0.39 is 5.54 Å². The first-order valence-corrected chi connectivity index (χ1v) is 8.69. The number of urea groups is 1. The van der Waals surface area contributed by atoms with Crippen LogP contribution in [0.25, 0.3) is 0 Å². The Morgan fingerprint density at radius 2 is 2.04 bits per heavy atom. The van der Waals surface area contributed by atoms with Gasteiger partial charge in [0.05, 0.1) is 0 Å². The lowest BCUT2D eigenvalue weighted by Crippen LogP contribution is -2.52. The van der Waals surface area contributed by atoms with E-state index in [1.54, 1.807) is 0 Å². The molecule has 3 aliphatic rings. The molecule has 1 spiro atoms. The van der Waals surface area contributed by atoms with E-state index in [0.29, 0.717) is 12.8 Å². The molecule has 23 heavy (non-hydrogen) atoms. The molecular weight excluding hydrogens is 296 g/mol. The summed E-state index contributed by atoms with van der Waals surface area (Å²) in [5.41, 5.74) is -0.685. The van der Waals surface area contributed by atoms with Gasteiger partial charge in [0.2, 0.25) is 5.91 Å². The lowest BCUT2D eigenvalue weighted by molar-refractivity contribution is -0.131. The predicted octanol–water partition coefficient (Wildman–Crippen LogP) is 0.498. The molecule has 4 amide bonds. The molecule has 2 atom stereocenters. The Kier molecular flexibility index (Phi) is 4.57. The fraction of sp³-hybridized carbons (Fsp3) is 0.812. The smallest absolute Gasteiger partial charge is 0.325 e. The number of nitrogens with zero attached hydrogens (tertiary/aromatic N) is 1. The number of rotatable bonds is 4. The van der Waals surface area contributed by atoms with E-state index in [-0.39, 0.29) is 42.9 Å². The molecule has 1 saturated carbocycles. The molecule has 7 nitrogen and oxygen atoms in total. The second kappa shape index (κ2) is 6.47. The second-order valence-corrected chi connectivity index (χ2v) is 6.99. The predicted molar refractivity (Wildman–Crippen MR) is 84.7 cm³/mol. The van der Waals surface area contributed by atoms with Gasteiger partial charge in [-0.25, -0.2) is 4.79 Å². The minimum Gasteiger partial charge on any atom is -0.352 e. The third kappa shape index (κ3) is 3.20. The zero-order valence-electron chi connectivity index (χ0n) is 13.7. The number of carbonyl (C=O) groups is 3. The van der Waals surface area contributed by atoms with Crippen LogP contribution in [0.15, 0.2) is 0 Å². The van der Waals surface area contributed by atoms with Crippen molar-refractivity contribution in [2.45, 2.75) is 69.5 Å². The third-order valence-electron chi connectivity index (χ3n) is 5.37. The highest BCUT2D eigenvalue weighted by atomic mass is 16.2. The van der Waals surface area contributed by atoms with E-state index in [1.807, 2.05) is 0 Å². The zero-order chi connectivity index (χ0) is 16.4. The van der Waals surface area contributed by atoms with Gasteiger partial charge in [-0.15, -0.1) is 0 Å². The number of amides is 4. The van der Waals surface area contributed by atoms with Crippen LogP contribution < -0.4 is 16.0 Å². The van der Waals surface area contributed by atoms with Gasteiger partial charge >= 0.3 is 6.03 Å². The van der Waals surface area contributed by atoms with Crippen LogP contribution in [-0.4, -0.2) is 53.5 Å². The first kappa shape index (κ1) is 16.2. The fourth-order valence-electron chi connectivity index (χ4n) is 3.93. The summed E-state index contributed by atoms with van der Waals surface area (Å²) in [4.78, 5) is 37.9. The highest BCUT2D eigenvalue weighted by Crippen LogP contribution is 2.34. The molecular formula is C16H26N4O3.